The molecule has 3 N–H and O–H groups in total. The first kappa shape index (κ1) is 15.7. The molecule has 3 rings (SSSR count). The lowest BCUT2D eigenvalue weighted by Crippen LogP contribution is -2.33. The van der Waals surface area contributed by atoms with Crippen LogP contribution in [0.25, 0.3) is 0 Å². The molecular weight excluding hydrogens is 303 g/mol. The lowest BCUT2D eigenvalue weighted by molar-refractivity contribution is -0.384. The van der Waals surface area contributed by atoms with Gasteiger partial charge in [-0.1, -0.05) is 0 Å². The van der Waals surface area contributed by atoms with Crippen LogP contribution in [0.2, 0.25) is 0 Å². The highest BCUT2D eigenvalue weighted by atomic mass is 19.1. The molecule has 2 saturated heterocycles. The molecule has 1 aromatic carbocycles. The van der Waals surface area contributed by atoms with Gasteiger partial charge in [0.05, 0.1) is 16.6 Å². The molecule has 0 spiro atoms. The van der Waals surface area contributed by atoms with E-state index in [0.29, 0.717) is 24.9 Å². The number of amides is 1. The minimum Gasteiger partial charge on any atom is -0.393 e. The molecule has 8 heteroatoms. The number of carbonyl (C=O) groups excluding carboxylic acids is 1. The zero-order valence-corrected chi connectivity index (χ0v) is 12.6. The molecule has 0 bridgehead atoms. The first-order valence-electron chi connectivity index (χ1n) is 7.70. The number of benzene rings is 1. The van der Waals surface area contributed by atoms with Gasteiger partial charge in [0.25, 0.3) is 11.6 Å². The zero-order chi connectivity index (χ0) is 16.6. The number of anilines is 1. The second-order valence-corrected chi connectivity index (χ2v) is 6.19. The fraction of sp³-hybridized carbons (Fsp3) is 0.533. The molecule has 1 aromatic rings. The number of nitro benzene ring substituents is 1. The Kier molecular flexibility index (Phi) is 4.16. The van der Waals surface area contributed by atoms with Crippen molar-refractivity contribution in [1.29, 1.82) is 0 Å². The Labute approximate surface area is 132 Å². The summed E-state index contributed by atoms with van der Waals surface area (Å²) in [6.45, 7) is 3.04. The second-order valence-electron chi connectivity index (χ2n) is 6.19. The van der Waals surface area contributed by atoms with Crippen molar-refractivity contribution in [2.75, 3.05) is 31.9 Å². The van der Waals surface area contributed by atoms with E-state index in [1.165, 1.54) is 0 Å². The van der Waals surface area contributed by atoms with Gasteiger partial charge in [-0.15, -0.1) is 0 Å². The van der Waals surface area contributed by atoms with E-state index < -0.39 is 22.3 Å². The standard InChI is InChI=1S/C15H19FN4O3/c16-11-5-12(14(17)13(6-11)20(22)23)15(21)19-3-1-9-7-18-8-10(9)2-4-19/h5-6,9-10,18H,1-4,7-8,17H2/t9-,10+. The number of halogens is 1. The molecule has 2 atom stereocenters. The van der Waals surface area contributed by atoms with Gasteiger partial charge in [-0.3, -0.25) is 14.9 Å². The maximum Gasteiger partial charge on any atom is 0.295 e. The van der Waals surface area contributed by atoms with E-state index in [9.17, 15) is 19.3 Å². The van der Waals surface area contributed by atoms with Crippen molar-refractivity contribution in [2.24, 2.45) is 11.8 Å². The van der Waals surface area contributed by atoms with E-state index in [-0.39, 0.29) is 11.3 Å². The number of nitrogen functional groups attached to an aromatic ring is 1. The highest BCUT2D eigenvalue weighted by Crippen LogP contribution is 2.31. The van der Waals surface area contributed by atoms with E-state index in [2.05, 4.69) is 5.32 Å². The summed E-state index contributed by atoms with van der Waals surface area (Å²) in [4.78, 5) is 24.5. The van der Waals surface area contributed by atoms with Crippen molar-refractivity contribution < 1.29 is 14.1 Å². The number of fused-ring (bicyclic) bond motifs is 1. The van der Waals surface area contributed by atoms with Crippen LogP contribution in [0.1, 0.15) is 23.2 Å². The van der Waals surface area contributed by atoms with Crippen molar-refractivity contribution in [2.45, 2.75) is 12.8 Å². The van der Waals surface area contributed by atoms with Gasteiger partial charge < -0.3 is 16.0 Å². The predicted octanol–water partition coefficient (Wildman–Crippen LogP) is 1.39. The topological polar surface area (TPSA) is 102 Å². The number of rotatable bonds is 2. The van der Waals surface area contributed by atoms with Crippen molar-refractivity contribution in [1.82, 2.24) is 10.2 Å². The molecule has 2 aliphatic heterocycles. The van der Waals surface area contributed by atoms with E-state index in [1.54, 1.807) is 4.90 Å². The number of nitrogens with two attached hydrogens (primary N) is 1. The molecule has 0 radical (unpaired) electrons. The fourth-order valence-corrected chi connectivity index (χ4v) is 3.52. The number of hydrogen-bond acceptors (Lipinski definition) is 5. The first-order chi connectivity index (χ1) is 11.0. The monoisotopic (exact) mass is 322 g/mol. The number of hydrogen-bond donors (Lipinski definition) is 2. The maximum atomic E-state index is 13.6. The second kappa shape index (κ2) is 6.11. The molecule has 0 saturated carbocycles. The van der Waals surface area contributed by atoms with Gasteiger partial charge in [0.1, 0.15) is 11.5 Å². The zero-order valence-electron chi connectivity index (χ0n) is 12.6. The van der Waals surface area contributed by atoms with Crippen molar-refractivity contribution in [3.8, 4) is 0 Å². The lowest BCUT2D eigenvalue weighted by Gasteiger charge is -2.21. The molecule has 23 heavy (non-hydrogen) atoms. The molecule has 2 fully saturated rings. The van der Waals surface area contributed by atoms with Crippen LogP contribution in [-0.4, -0.2) is 41.9 Å². The van der Waals surface area contributed by atoms with Gasteiger partial charge >= 0.3 is 0 Å². The Balaban J connectivity index is 1.84. The average molecular weight is 322 g/mol. The van der Waals surface area contributed by atoms with Crippen LogP contribution in [0.4, 0.5) is 15.8 Å². The molecule has 0 aromatic heterocycles. The molecule has 2 heterocycles. The van der Waals surface area contributed by atoms with Gasteiger partial charge in [-0.05, 0) is 43.8 Å². The summed E-state index contributed by atoms with van der Waals surface area (Å²) in [5.74, 6) is -0.165. The third-order valence-corrected chi connectivity index (χ3v) is 4.86. The van der Waals surface area contributed by atoms with Crippen molar-refractivity contribution >= 4 is 17.3 Å². The summed E-state index contributed by atoms with van der Waals surface area (Å²) in [6, 6.07) is 1.72. The highest BCUT2D eigenvalue weighted by Gasteiger charge is 2.33. The van der Waals surface area contributed by atoms with Crippen LogP contribution in [0, 0.1) is 27.8 Å². The van der Waals surface area contributed by atoms with Crippen LogP contribution in [0.15, 0.2) is 12.1 Å². The molecule has 7 nitrogen and oxygen atoms in total. The summed E-state index contributed by atoms with van der Waals surface area (Å²) in [5.41, 5.74) is 4.77. The third kappa shape index (κ3) is 2.98. The Bertz CT molecular complexity index is 638. The molecule has 1 amide bonds. The van der Waals surface area contributed by atoms with Crippen LogP contribution >= 0.6 is 0 Å². The van der Waals surface area contributed by atoms with Crippen molar-refractivity contribution in [3.63, 3.8) is 0 Å². The largest absolute Gasteiger partial charge is 0.393 e. The predicted molar refractivity (Wildman–Crippen MR) is 82.5 cm³/mol. The minimum atomic E-state index is -0.829. The van der Waals surface area contributed by atoms with Gasteiger partial charge in [0.15, 0.2) is 0 Å². The van der Waals surface area contributed by atoms with Gasteiger partial charge in [0.2, 0.25) is 0 Å². The average Bonchev–Trinajstić information content (AvgIpc) is 2.87. The SMILES string of the molecule is Nc1c(C(=O)N2CC[C@@H]3CNC[C@@H]3CC2)cc(F)cc1[N+](=O)[O-]. The quantitative estimate of drug-likeness (QED) is 0.487. The Hall–Kier alpha value is -2.22. The van der Waals surface area contributed by atoms with E-state index in [1.807, 2.05) is 0 Å². The number of carbonyl (C=O) groups is 1. The summed E-state index contributed by atoms with van der Waals surface area (Å²) in [5, 5.41) is 14.3. The molecule has 2 aliphatic rings. The Morgan fingerprint density at radius 2 is 1.91 bits per heavy atom. The number of nitro groups is 1. The summed E-state index contributed by atoms with van der Waals surface area (Å²) in [6.07, 6.45) is 1.75. The number of nitrogens with zero attached hydrogens (tertiary/aromatic N) is 2. The van der Waals surface area contributed by atoms with Crippen LogP contribution in [0.5, 0.6) is 0 Å². The summed E-state index contributed by atoms with van der Waals surface area (Å²) < 4.78 is 13.6. The smallest absolute Gasteiger partial charge is 0.295 e. The Morgan fingerprint density at radius 3 is 2.48 bits per heavy atom. The van der Waals surface area contributed by atoms with E-state index >= 15 is 0 Å². The van der Waals surface area contributed by atoms with Crippen molar-refractivity contribution in [3.05, 3.63) is 33.6 Å². The number of nitrogens with one attached hydrogen (secondary N) is 1. The first-order valence-corrected chi connectivity index (χ1v) is 7.70. The summed E-state index contributed by atoms with van der Waals surface area (Å²) in [7, 11) is 0. The van der Waals surface area contributed by atoms with Gasteiger partial charge in [-0.25, -0.2) is 4.39 Å². The molecule has 0 unspecified atom stereocenters. The fourth-order valence-electron chi connectivity index (χ4n) is 3.52. The minimum absolute atomic E-state index is 0.123. The molecular formula is C15H19FN4O3. The highest BCUT2D eigenvalue weighted by molar-refractivity contribution is 6.01. The van der Waals surface area contributed by atoms with E-state index in [0.717, 1.165) is 38.1 Å². The third-order valence-electron chi connectivity index (χ3n) is 4.86. The lowest BCUT2D eigenvalue weighted by atomic mass is 9.92. The molecule has 124 valence electrons. The van der Waals surface area contributed by atoms with E-state index in [4.69, 9.17) is 5.73 Å². The Morgan fingerprint density at radius 1 is 1.30 bits per heavy atom. The van der Waals surface area contributed by atoms with Gasteiger partial charge in [-0.2, -0.15) is 0 Å². The van der Waals surface area contributed by atoms with Crippen LogP contribution in [0.3, 0.4) is 0 Å². The van der Waals surface area contributed by atoms with Crippen LogP contribution < -0.4 is 11.1 Å². The van der Waals surface area contributed by atoms with Crippen LogP contribution in [-0.2, 0) is 0 Å². The summed E-state index contributed by atoms with van der Waals surface area (Å²) >= 11 is 0. The normalized spacial score (nSPS) is 24.1. The maximum absolute atomic E-state index is 13.6. The molecule has 0 aliphatic carbocycles. The van der Waals surface area contributed by atoms with Gasteiger partial charge in [0, 0.05) is 13.1 Å². The number of likely N-dealkylation sites (tertiary alicyclic amines) is 1.